The Bertz CT molecular complexity index is 301. The third-order valence-corrected chi connectivity index (χ3v) is 5.54. The van der Waals surface area contributed by atoms with E-state index in [-0.39, 0.29) is 0 Å². The standard InChI is InChI=1S/C17H34N2O/c1-13(14-6-7-14)19(10-11-20-5)16-12-17(2,3)9-8-15(16)18-4/h13-16,18H,6-12H2,1-5H3. The van der Waals surface area contributed by atoms with Gasteiger partial charge < -0.3 is 10.1 Å². The van der Waals surface area contributed by atoms with E-state index >= 15 is 0 Å². The average molecular weight is 282 g/mol. The highest BCUT2D eigenvalue weighted by Crippen LogP contribution is 2.41. The molecule has 0 radical (unpaired) electrons. The van der Waals surface area contributed by atoms with Gasteiger partial charge in [-0.3, -0.25) is 4.90 Å². The van der Waals surface area contributed by atoms with Crippen molar-refractivity contribution in [3.63, 3.8) is 0 Å². The van der Waals surface area contributed by atoms with Crippen LogP contribution in [0.2, 0.25) is 0 Å². The Morgan fingerprint density at radius 1 is 1.30 bits per heavy atom. The van der Waals surface area contributed by atoms with E-state index < -0.39 is 0 Å². The number of hydrogen-bond acceptors (Lipinski definition) is 3. The molecule has 0 bridgehead atoms. The highest BCUT2D eigenvalue weighted by molar-refractivity contribution is 4.97. The maximum atomic E-state index is 5.37. The molecule has 0 saturated heterocycles. The van der Waals surface area contributed by atoms with Crippen LogP contribution in [0.3, 0.4) is 0 Å². The SMILES string of the molecule is CNC1CCC(C)(C)CC1N(CCOC)C(C)C1CC1. The molecule has 2 rings (SSSR count). The van der Waals surface area contributed by atoms with Gasteiger partial charge in [0.15, 0.2) is 0 Å². The van der Waals surface area contributed by atoms with Crippen molar-refractivity contribution in [1.82, 2.24) is 10.2 Å². The average Bonchev–Trinajstić information content (AvgIpc) is 3.22. The lowest BCUT2D eigenvalue weighted by atomic mass is 9.72. The summed E-state index contributed by atoms with van der Waals surface area (Å²) in [6.45, 7) is 9.23. The van der Waals surface area contributed by atoms with Crippen LogP contribution >= 0.6 is 0 Å². The molecule has 0 aromatic carbocycles. The molecule has 3 unspecified atom stereocenters. The van der Waals surface area contributed by atoms with E-state index in [0.717, 1.165) is 19.1 Å². The van der Waals surface area contributed by atoms with Gasteiger partial charge in [-0.1, -0.05) is 13.8 Å². The van der Waals surface area contributed by atoms with Crippen molar-refractivity contribution in [2.24, 2.45) is 11.3 Å². The largest absolute Gasteiger partial charge is 0.383 e. The maximum Gasteiger partial charge on any atom is 0.0589 e. The van der Waals surface area contributed by atoms with Crippen LogP contribution in [0, 0.1) is 11.3 Å². The third-order valence-electron chi connectivity index (χ3n) is 5.54. The summed E-state index contributed by atoms with van der Waals surface area (Å²) < 4.78 is 5.37. The fraction of sp³-hybridized carbons (Fsp3) is 1.00. The smallest absolute Gasteiger partial charge is 0.0589 e. The fourth-order valence-electron chi connectivity index (χ4n) is 3.95. The Kier molecular flexibility index (Phi) is 5.49. The van der Waals surface area contributed by atoms with Crippen molar-refractivity contribution < 1.29 is 4.74 Å². The Morgan fingerprint density at radius 3 is 2.55 bits per heavy atom. The van der Waals surface area contributed by atoms with Gasteiger partial charge in [0, 0.05) is 31.8 Å². The molecule has 2 fully saturated rings. The second-order valence-electron chi connectivity index (χ2n) is 7.68. The first-order chi connectivity index (χ1) is 9.48. The molecule has 2 aliphatic rings. The van der Waals surface area contributed by atoms with Crippen LogP contribution in [0.4, 0.5) is 0 Å². The minimum absolute atomic E-state index is 0.479. The Labute approximate surface area is 125 Å². The molecule has 0 heterocycles. The molecule has 1 N–H and O–H groups in total. The van der Waals surface area contributed by atoms with E-state index in [1.165, 1.54) is 32.1 Å². The number of methoxy groups -OCH3 is 1. The number of nitrogens with zero attached hydrogens (tertiary/aromatic N) is 1. The van der Waals surface area contributed by atoms with Crippen LogP contribution < -0.4 is 5.32 Å². The molecule has 0 amide bonds. The summed E-state index contributed by atoms with van der Waals surface area (Å²) in [6.07, 6.45) is 6.79. The van der Waals surface area contributed by atoms with Crippen molar-refractivity contribution in [3.8, 4) is 0 Å². The normalized spacial score (nSPS) is 31.5. The summed E-state index contributed by atoms with van der Waals surface area (Å²) >= 11 is 0. The summed E-state index contributed by atoms with van der Waals surface area (Å²) in [7, 11) is 3.95. The molecule has 3 nitrogen and oxygen atoms in total. The first-order valence-electron chi connectivity index (χ1n) is 8.40. The van der Waals surface area contributed by atoms with Crippen molar-refractivity contribution in [1.29, 1.82) is 0 Å². The zero-order valence-corrected chi connectivity index (χ0v) is 14.1. The molecule has 3 atom stereocenters. The minimum atomic E-state index is 0.479. The van der Waals surface area contributed by atoms with E-state index in [2.05, 4.69) is 38.0 Å². The van der Waals surface area contributed by atoms with Crippen molar-refractivity contribution in [2.45, 2.75) is 71.0 Å². The number of rotatable bonds is 7. The zero-order chi connectivity index (χ0) is 14.8. The first kappa shape index (κ1) is 16.3. The van der Waals surface area contributed by atoms with Gasteiger partial charge in [-0.05, 0) is 57.4 Å². The lowest BCUT2D eigenvalue weighted by molar-refractivity contribution is 0.0188. The first-order valence-corrected chi connectivity index (χ1v) is 8.40. The predicted molar refractivity (Wildman–Crippen MR) is 85.0 cm³/mol. The molecule has 0 spiro atoms. The van der Waals surface area contributed by atoms with Crippen LogP contribution in [0.1, 0.15) is 52.9 Å². The predicted octanol–water partition coefficient (Wildman–Crippen LogP) is 2.90. The van der Waals surface area contributed by atoms with E-state index in [0.29, 0.717) is 23.5 Å². The van der Waals surface area contributed by atoms with E-state index in [4.69, 9.17) is 4.74 Å². The molecule has 0 aromatic heterocycles. The van der Waals surface area contributed by atoms with Gasteiger partial charge in [-0.2, -0.15) is 0 Å². The lowest BCUT2D eigenvalue weighted by Gasteiger charge is -2.48. The number of ether oxygens (including phenoxy) is 1. The number of hydrogen-bond donors (Lipinski definition) is 1. The summed E-state index contributed by atoms with van der Waals surface area (Å²) in [5.41, 5.74) is 0.479. The van der Waals surface area contributed by atoms with Crippen LogP contribution in [-0.4, -0.2) is 50.3 Å². The monoisotopic (exact) mass is 282 g/mol. The molecule has 2 aliphatic carbocycles. The van der Waals surface area contributed by atoms with Crippen LogP contribution in [0.25, 0.3) is 0 Å². The molecule has 118 valence electrons. The molecule has 3 heteroatoms. The van der Waals surface area contributed by atoms with E-state index in [9.17, 15) is 0 Å². The van der Waals surface area contributed by atoms with Gasteiger partial charge in [-0.15, -0.1) is 0 Å². The summed E-state index contributed by atoms with van der Waals surface area (Å²) in [5, 5.41) is 3.58. The van der Waals surface area contributed by atoms with E-state index in [1.54, 1.807) is 0 Å². The lowest BCUT2D eigenvalue weighted by Crippen LogP contribution is -2.57. The molecular weight excluding hydrogens is 248 g/mol. The van der Waals surface area contributed by atoms with Gasteiger partial charge in [-0.25, -0.2) is 0 Å². The van der Waals surface area contributed by atoms with Crippen LogP contribution in [0.5, 0.6) is 0 Å². The number of likely N-dealkylation sites (N-methyl/N-ethyl adjacent to an activating group) is 1. The van der Waals surface area contributed by atoms with E-state index in [1.807, 2.05) is 7.11 Å². The van der Waals surface area contributed by atoms with Gasteiger partial charge in [0.25, 0.3) is 0 Å². The Morgan fingerprint density at radius 2 is 2.00 bits per heavy atom. The molecule has 20 heavy (non-hydrogen) atoms. The van der Waals surface area contributed by atoms with Gasteiger partial charge in [0.2, 0.25) is 0 Å². The quantitative estimate of drug-likeness (QED) is 0.777. The highest BCUT2D eigenvalue weighted by atomic mass is 16.5. The Hall–Kier alpha value is -0.120. The summed E-state index contributed by atoms with van der Waals surface area (Å²) in [6, 6.07) is 2.01. The van der Waals surface area contributed by atoms with Gasteiger partial charge >= 0.3 is 0 Å². The summed E-state index contributed by atoms with van der Waals surface area (Å²) in [4.78, 5) is 2.75. The van der Waals surface area contributed by atoms with Crippen molar-refractivity contribution in [3.05, 3.63) is 0 Å². The molecular formula is C17H34N2O. The second kappa shape index (κ2) is 6.76. The minimum Gasteiger partial charge on any atom is -0.383 e. The zero-order valence-electron chi connectivity index (χ0n) is 14.1. The van der Waals surface area contributed by atoms with Crippen molar-refractivity contribution in [2.75, 3.05) is 27.3 Å². The highest BCUT2D eigenvalue weighted by Gasteiger charge is 2.41. The topological polar surface area (TPSA) is 24.5 Å². The maximum absolute atomic E-state index is 5.37. The fourth-order valence-corrected chi connectivity index (χ4v) is 3.95. The van der Waals surface area contributed by atoms with Gasteiger partial charge in [0.1, 0.15) is 0 Å². The molecule has 2 saturated carbocycles. The number of nitrogens with one attached hydrogen (secondary N) is 1. The Balaban J connectivity index is 2.10. The summed E-state index contributed by atoms with van der Waals surface area (Å²) in [5.74, 6) is 0.925. The van der Waals surface area contributed by atoms with Crippen molar-refractivity contribution >= 4 is 0 Å². The molecule has 0 aromatic rings. The second-order valence-corrected chi connectivity index (χ2v) is 7.68. The third kappa shape index (κ3) is 3.96. The van der Waals surface area contributed by atoms with Crippen LogP contribution in [-0.2, 0) is 4.74 Å². The van der Waals surface area contributed by atoms with Gasteiger partial charge in [0.05, 0.1) is 6.61 Å². The van der Waals surface area contributed by atoms with Crippen LogP contribution in [0.15, 0.2) is 0 Å². The molecule has 0 aliphatic heterocycles.